The van der Waals surface area contributed by atoms with Crippen molar-refractivity contribution in [2.75, 3.05) is 45.3 Å². The van der Waals surface area contributed by atoms with Gasteiger partial charge in [0.2, 0.25) is 0 Å². The van der Waals surface area contributed by atoms with E-state index in [-0.39, 0.29) is 12.1 Å². The molecule has 5 heteroatoms. The minimum absolute atomic E-state index is 0.147. The van der Waals surface area contributed by atoms with Gasteiger partial charge in [0.1, 0.15) is 11.5 Å². The predicted octanol–water partition coefficient (Wildman–Crippen LogP) is 2.35. The lowest BCUT2D eigenvalue weighted by molar-refractivity contribution is 0.0390. The first-order valence-electron chi connectivity index (χ1n) is 9.66. The Bertz CT molecular complexity index is 787. The number of hydrogen-bond donors (Lipinski definition) is 1. The van der Waals surface area contributed by atoms with Crippen molar-refractivity contribution < 1.29 is 14.6 Å². The maximum Gasteiger partial charge on any atom is 0.142 e. The van der Waals surface area contributed by atoms with Crippen LogP contribution in [0.3, 0.4) is 0 Å². The van der Waals surface area contributed by atoms with Crippen LogP contribution in [-0.4, -0.2) is 62.6 Å². The normalized spacial score (nSPS) is 23.0. The highest BCUT2D eigenvalue weighted by Gasteiger charge is 2.34. The van der Waals surface area contributed by atoms with E-state index >= 15 is 0 Å². The number of fused-ring (bicyclic) bond motifs is 1. The fraction of sp³-hybridized carbons (Fsp3) is 0.455. The van der Waals surface area contributed by atoms with E-state index in [1.165, 1.54) is 11.1 Å². The van der Waals surface area contributed by atoms with Gasteiger partial charge in [-0.3, -0.25) is 4.90 Å². The minimum Gasteiger partial charge on any atom is -0.496 e. The lowest BCUT2D eigenvalue weighted by Crippen LogP contribution is -2.56. The second-order valence-corrected chi connectivity index (χ2v) is 7.34. The standard InChI is InChI=1S/C22H28N2O3/c1-26-21-9-5-6-16-14-20(25)19(15-17(16)21)24-12-10-23(11-13-24)18-7-3-4-8-22(18)27-2/h3-9,19-20,25H,10-15H2,1-2H3/t19-,20-/m0/s1. The summed E-state index contributed by atoms with van der Waals surface area (Å²) in [6.45, 7) is 3.74. The molecule has 2 aliphatic rings. The van der Waals surface area contributed by atoms with Crippen LogP contribution in [0.2, 0.25) is 0 Å². The Labute approximate surface area is 161 Å². The molecular formula is C22H28N2O3. The first-order valence-corrected chi connectivity index (χ1v) is 9.66. The van der Waals surface area contributed by atoms with Gasteiger partial charge in [-0.05, 0) is 35.7 Å². The molecule has 2 atom stereocenters. The highest BCUT2D eigenvalue weighted by Crippen LogP contribution is 2.33. The van der Waals surface area contributed by atoms with Gasteiger partial charge in [-0.15, -0.1) is 0 Å². The van der Waals surface area contributed by atoms with Crippen molar-refractivity contribution in [2.45, 2.75) is 25.0 Å². The molecule has 144 valence electrons. The van der Waals surface area contributed by atoms with Crippen molar-refractivity contribution in [3.63, 3.8) is 0 Å². The molecule has 2 aromatic carbocycles. The molecule has 1 fully saturated rings. The molecule has 0 spiro atoms. The van der Waals surface area contributed by atoms with Crippen molar-refractivity contribution in [1.82, 2.24) is 4.90 Å². The molecule has 0 saturated carbocycles. The Morgan fingerprint density at radius 2 is 1.56 bits per heavy atom. The molecule has 0 radical (unpaired) electrons. The molecule has 2 aromatic rings. The first-order chi connectivity index (χ1) is 13.2. The summed E-state index contributed by atoms with van der Waals surface area (Å²) in [5.41, 5.74) is 3.61. The fourth-order valence-corrected chi connectivity index (χ4v) is 4.49. The SMILES string of the molecule is COc1ccccc1N1CCN([C@H]2Cc3c(cccc3OC)C[C@@H]2O)CC1. The van der Waals surface area contributed by atoms with Crippen LogP contribution in [-0.2, 0) is 12.8 Å². The molecule has 0 amide bonds. The van der Waals surface area contributed by atoms with E-state index in [4.69, 9.17) is 9.47 Å². The van der Waals surface area contributed by atoms with E-state index in [9.17, 15) is 5.11 Å². The van der Waals surface area contributed by atoms with Crippen molar-refractivity contribution >= 4 is 5.69 Å². The Balaban J connectivity index is 1.47. The third-order valence-corrected chi connectivity index (χ3v) is 5.95. The van der Waals surface area contributed by atoms with E-state index in [0.717, 1.165) is 49.8 Å². The number of rotatable bonds is 4. The fourth-order valence-electron chi connectivity index (χ4n) is 4.49. The zero-order valence-corrected chi connectivity index (χ0v) is 16.1. The van der Waals surface area contributed by atoms with Gasteiger partial charge in [0, 0.05) is 38.6 Å². The van der Waals surface area contributed by atoms with E-state index < -0.39 is 0 Å². The quantitative estimate of drug-likeness (QED) is 0.898. The second-order valence-electron chi connectivity index (χ2n) is 7.34. The van der Waals surface area contributed by atoms with Crippen molar-refractivity contribution in [1.29, 1.82) is 0 Å². The molecule has 1 aliphatic heterocycles. The van der Waals surface area contributed by atoms with E-state index in [2.05, 4.69) is 28.0 Å². The Kier molecular flexibility index (Phi) is 5.23. The molecule has 0 unspecified atom stereocenters. The Morgan fingerprint density at radius 1 is 0.852 bits per heavy atom. The van der Waals surface area contributed by atoms with Crippen LogP contribution in [0.5, 0.6) is 11.5 Å². The first kappa shape index (κ1) is 18.1. The van der Waals surface area contributed by atoms with Crippen LogP contribution in [0, 0.1) is 0 Å². The number of piperazine rings is 1. The van der Waals surface area contributed by atoms with E-state index in [0.29, 0.717) is 6.42 Å². The topological polar surface area (TPSA) is 45.2 Å². The minimum atomic E-state index is -0.331. The lowest BCUT2D eigenvalue weighted by atomic mass is 9.84. The second kappa shape index (κ2) is 7.79. The van der Waals surface area contributed by atoms with Crippen LogP contribution in [0.15, 0.2) is 42.5 Å². The Morgan fingerprint density at radius 3 is 2.30 bits per heavy atom. The monoisotopic (exact) mass is 368 g/mol. The summed E-state index contributed by atoms with van der Waals surface area (Å²) >= 11 is 0. The highest BCUT2D eigenvalue weighted by atomic mass is 16.5. The maximum absolute atomic E-state index is 10.8. The molecule has 5 nitrogen and oxygen atoms in total. The summed E-state index contributed by atoms with van der Waals surface area (Å²) in [5.74, 6) is 1.86. The molecule has 1 N–H and O–H groups in total. The molecule has 0 aromatic heterocycles. The number of aliphatic hydroxyl groups excluding tert-OH is 1. The zero-order valence-electron chi connectivity index (χ0n) is 16.1. The largest absolute Gasteiger partial charge is 0.496 e. The van der Waals surface area contributed by atoms with Gasteiger partial charge in [-0.25, -0.2) is 0 Å². The highest BCUT2D eigenvalue weighted by molar-refractivity contribution is 5.58. The summed E-state index contributed by atoms with van der Waals surface area (Å²) in [6, 6.07) is 14.5. The third-order valence-electron chi connectivity index (χ3n) is 5.95. The zero-order chi connectivity index (χ0) is 18.8. The number of benzene rings is 2. The van der Waals surface area contributed by atoms with Gasteiger partial charge < -0.3 is 19.5 Å². The van der Waals surface area contributed by atoms with E-state index in [1.807, 2.05) is 24.3 Å². The molecule has 4 rings (SSSR count). The molecule has 27 heavy (non-hydrogen) atoms. The molecule has 1 saturated heterocycles. The Hall–Kier alpha value is -2.24. The van der Waals surface area contributed by atoms with Gasteiger partial charge in [0.15, 0.2) is 0 Å². The lowest BCUT2D eigenvalue weighted by Gasteiger charge is -2.44. The summed E-state index contributed by atoms with van der Waals surface area (Å²) in [6.07, 6.45) is 1.21. The van der Waals surface area contributed by atoms with Crippen LogP contribution in [0.25, 0.3) is 0 Å². The van der Waals surface area contributed by atoms with Crippen molar-refractivity contribution in [3.8, 4) is 11.5 Å². The van der Waals surface area contributed by atoms with Gasteiger partial charge >= 0.3 is 0 Å². The van der Waals surface area contributed by atoms with Crippen LogP contribution >= 0.6 is 0 Å². The van der Waals surface area contributed by atoms with Crippen LogP contribution in [0.4, 0.5) is 5.69 Å². The summed E-state index contributed by atoms with van der Waals surface area (Å²) in [7, 11) is 3.44. The number of anilines is 1. The predicted molar refractivity (Wildman–Crippen MR) is 107 cm³/mol. The molecule has 1 heterocycles. The average Bonchev–Trinajstić information content (AvgIpc) is 2.73. The number of para-hydroxylation sites is 2. The van der Waals surface area contributed by atoms with Gasteiger partial charge in [-0.2, -0.15) is 0 Å². The van der Waals surface area contributed by atoms with Crippen LogP contribution in [0.1, 0.15) is 11.1 Å². The van der Waals surface area contributed by atoms with Gasteiger partial charge in [-0.1, -0.05) is 24.3 Å². The summed E-state index contributed by atoms with van der Waals surface area (Å²) in [4.78, 5) is 4.81. The van der Waals surface area contributed by atoms with Gasteiger partial charge in [0.05, 0.1) is 26.0 Å². The molecular weight excluding hydrogens is 340 g/mol. The smallest absolute Gasteiger partial charge is 0.142 e. The van der Waals surface area contributed by atoms with Crippen molar-refractivity contribution in [2.24, 2.45) is 0 Å². The summed E-state index contributed by atoms with van der Waals surface area (Å²) in [5, 5.41) is 10.8. The van der Waals surface area contributed by atoms with Gasteiger partial charge in [0.25, 0.3) is 0 Å². The average molecular weight is 368 g/mol. The number of methoxy groups -OCH3 is 2. The summed E-state index contributed by atoms with van der Waals surface area (Å²) < 4.78 is 11.1. The number of aliphatic hydroxyl groups is 1. The third kappa shape index (κ3) is 3.49. The number of hydrogen-bond acceptors (Lipinski definition) is 5. The number of nitrogens with zero attached hydrogens (tertiary/aromatic N) is 2. The van der Waals surface area contributed by atoms with Crippen molar-refractivity contribution in [3.05, 3.63) is 53.6 Å². The number of ether oxygens (including phenoxy) is 2. The maximum atomic E-state index is 10.8. The molecule has 1 aliphatic carbocycles. The van der Waals surface area contributed by atoms with E-state index in [1.54, 1.807) is 14.2 Å². The molecule has 0 bridgehead atoms. The van der Waals surface area contributed by atoms with Crippen LogP contribution < -0.4 is 14.4 Å².